The van der Waals surface area contributed by atoms with Crippen LogP contribution in [0, 0.1) is 6.92 Å². The lowest BCUT2D eigenvalue weighted by Crippen LogP contribution is -2.41. The molecule has 5 heteroatoms. The highest BCUT2D eigenvalue weighted by atomic mass is 16.5. The molecule has 5 nitrogen and oxygen atoms in total. The standard InChI is InChI=1S/C19H23N3O2/c1-11-16(18(22-24-11)12-6-2-3-7-12)19(23)21-15-10-13-8-4-5-9-14(13)17(15)20/h4-5,8-9,12,15,17H,2-3,6-7,10,20H2,1H3,(H,21,23)/t15-,17-/m1/s1. The van der Waals surface area contributed by atoms with Gasteiger partial charge in [-0.15, -0.1) is 0 Å². The number of fused-ring (bicyclic) bond motifs is 1. The molecule has 4 rings (SSSR count). The highest BCUT2D eigenvalue weighted by molar-refractivity contribution is 5.96. The molecule has 0 saturated heterocycles. The molecule has 2 aliphatic carbocycles. The van der Waals surface area contributed by atoms with Crippen LogP contribution >= 0.6 is 0 Å². The molecule has 0 radical (unpaired) electrons. The third-order valence-electron chi connectivity index (χ3n) is 5.46. The van der Waals surface area contributed by atoms with E-state index in [0.29, 0.717) is 17.2 Å². The van der Waals surface area contributed by atoms with Crippen molar-refractivity contribution in [3.05, 3.63) is 52.4 Å². The Bertz CT molecular complexity index is 762. The van der Waals surface area contributed by atoms with Gasteiger partial charge in [0.1, 0.15) is 11.3 Å². The van der Waals surface area contributed by atoms with Crippen molar-refractivity contribution in [1.29, 1.82) is 0 Å². The summed E-state index contributed by atoms with van der Waals surface area (Å²) in [6.07, 6.45) is 5.33. The second-order valence-corrected chi connectivity index (χ2v) is 6.99. The largest absolute Gasteiger partial charge is 0.361 e. The summed E-state index contributed by atoms with van der Waals surface area (Å²) in [5, 5.41) is 7.30. The fraction of sp³-hybridized carbons (Fsp3) is 0.474. The lowest BCUT2D eigenvalue weighted by Gasteiger charge is -2.18. The molecular weight excluding hydrogens is 302 g/mol. The fourth-order valence-electron chi connectivity index (χ4n) is 4.15. The van der Waals surface area contributed by atoms with Gasteiger partial charge in [0.2, 0.25) is 0 Å². The number of nitrogens with two attached hydrogens (primary N) is 1. The van der Waals surface area contributed by atoms with Crippen molar-refractivity contribution >= 4 is 5.91 Å². The minimum atomic E-state index is -0.166. The lowest BCUT2D eigenvalue weighted by atomic mass is 9.98. The number of carbonyl (C=O) groups is 1. The molecule has 1 saturated carbocycles. The Morgan fingerprint density at radius 2 is 2.04 bits per heavy atom. The Kier molecular flexibility index (Phi) is 3.88. The molecule has 2 aromatic rings. The minimum absolute atomic E-state index is 0.0828. The summed E-state index contributed by atoms with van der Waals surface area (Å²) >= 11 is 0. The van der Waals surface area contributed by atoms with E-state index in [0.717, 1.165) is 30.5 Å². The summed E-state index contributed by atoms with van der Waals surface area (Å²) in [5.41, 5.74) is 10.1. The van der Waals surface area contributed by atoms with Crippen molar-refractivity contribution in [2.75, 3.05) is 0 Å². The first-order chi connectivity index (χ1) is 11.6. The van der Waals surface area contributed by atoms with Gasteiger partial charge < -0.3 is 15.6 Å². The van der Waals surface area contributed by atoms with Crippen molar-refractivity contribution in [3.63, 3.8) is 0 Å². The minimum Gasteiger partial charge on any atom is -0.361 e. The molecule has 1 aromatic carbocycles. The van der Waals surface area contributed by atoms with E-state index < -0.39 is 0 Å². The SMILES string of the molecule is Cc1onc(C2CCCC2)c1C(=O)N[C@@H]1Cc2ccccc2[C@H]1N. The van der Waals surface area contributed by atoms with Crippen molar-refractivity contribution < 1.29 is 9.32 Å². The summed E-state index contributed by atoms with van der Waals surface area (Å²) in [7, 11) is 0. The third-order valence-corrected chi connectivity index (χ3v) is 5.46. The molecule has 3 N–H and O–H groups in total. The van der Waals surface area contributed by atoms with Gasteiger partial charge in [0, 0.05) is 5.92 Å². The number of benzene rings is 1. The predicted molar refractivity (Wildman–Crippen MR) is 90.8 cm³/mol. The average Bonchev–Trinajstić information content (AvgIpc) is 3.28. The van der Waals surface area contributed by atoms with Crippen molar-refractivity contribution in [2.45, 2.75) is 57.0 Å². The van der Waals surface area contributed by atoms with Gasteiger partial charge in [-0.25, -0.2) is 0 Å². The van der Waals surface area contributed by atoms with Gasteiger partial charge in [0.25, 0.3) is 5.91 Å². The molecule has 0 bridgehead atoms. The van der Waals surface area contributed by atoms with E-state index >= 15 is 0 Å². The molecule has 1 amide bonds. The van der Waals surface area contributed by atoms with Gasteiger partial charge in [-0.05, 0) is 37.3 Å². The van der Waals surface area contributed by atoms with E-state index in [9.17, 15) is 4.79 Å². The Labute approximate surface area is 141 Å². The first-order valence-corrected chi connectivity index (χ1v) is 8.75. The Balaban J connectivity index is 1.55. The maximum atomic E-state index is 12.9. The molecule has 24 heavy (non-hydrogen) atoms. The third kappa shape index (κ3) is 2.53. The van der Waals surface area contributed by atoms with Crippen LogP contribution in [0.1, 0.15) is 70.6 Å². The zero-order chi connectivity index (χ0) is 16.7. The second kappa shape index (κ2) is 6.06. The van der Waals surface area contributed by atoms with Crippen LogP contribution in [0.5, 0.6) is 0 Å². The molecule has 0 unspecified atom stereocenters. The van der Waals surface area contributed by atoms with Crippen LogP contribution in [0.15, 0.2) is 28.8 Å². The highest BCUT2D eigenvalue weighted by Gasteiger charge is 2.34. The summed E-state index contributed by atoms with van der Waals surface area (Å²) in [6.45, 7) is 1.81. The Morgan fingerprint density at radius 1 is 1.29 bits per heavy atom. The lowest BCUT2D eigenvalue weighted by molar-refractivity contribution is 0.0930. The number of hydrogen-bond acceptors (Lipinski definition) is 4. The number of carbonyl (C=O) groups excluding carboxylic acids is 1. The average molecular weight is 325 g/mol. The van der Waals surface area contributed by atoms with Gasteiger partial charge in [0.15, 0.2) is 0 Å². The number of nitrogens with one attached hydrogen (secondary N) is 1. The van der Waals surface area contributed by atoms with Crippen LogP contribution in [-0.4, -0.2) is 17.1 Å². The van der Waals surface area contributed by atoms with E-state index in [1.807, 2.05) is 25.1 Å². The Morgan fingerprint density at radius 3 is 2.79 bits per heavy atom. The molecule has 0 spiro atoms. The highest BCUT2D eigenvalue weighted by Crippen LogP contribution is 2.36. The fourth-order valence-corrected chi connectivity index (χ4v) is 4.15. The first-order valence-electron chi connectivity index (χ1n) is 8.75. The van der Waals surface area contributed by atoms with E-state index in [1.165, 1.54) is 18.4 Å². The van der Waals surface area contributed by atoms with Crippen LogP contribution in [0.2, 0.25) is 0 Å². The Hall–Kier alpha value is -2.14. The van der Waals surface area contributed by atoms with E-state index in [4.69, 9.17) is 10.3 Å². The van der Waals surface area contributed by atoms with E-state index in [-0.39, 0.29) is 18.0 Å². The molecule has 0 aliphatic heterocycles. The maximum absolute atomic E-state index is 12.9. The molecule has 2 aliphatic rings. The number of aryl methyl sites for hydroxylation is 1. The maximum Gasteiger partial charge on any atom is 0.257 e. The smallest absolute Gasteiger partial charge is 0.257 e. The van der Waals surface area contributed by atoms with Crippen LogP contribution in [-0.2, 0) is 6.42 Å². The zero-order valence-corrected chi connectivity index (χ0v) is 13.9. The van der Waals surface area contributed by atoms with Gasteiger partial charge in [-0.2, -0.15) is 0 Å². The number of aromatic nitrogens is 1. The molecular formula is C19H23N3O2. The molecule has 1 heterocycles. The monoisotopic (exact) mass is 325 g/mol. The number of nitrogens with zero attached hydrogens (tertiary/aromatic N) is 1. The zero-order valence-electron chi connectivity index (χ0n) is 13.9. The van der Waals surface area contributed by atoms with Gasteiger partial charge in [0.05, 0.1) is 17.8 Å². The van der Waals surface area contributed by atoms with E-state index in [1.54, 1.807) is 0 Å². The van der Waals surface area contributed by atoms with Crippen LogP contribution in [0.3, 0.4) is 0 Å². The van der Waals surface area contributed by atoms with Crippen molar-refractivity contribution in [2.24, 2.45) is 5.73 Å². The number of rotatable bonds is 3. The van der Waals surface area contributed by atoms with Crippen LogP contribution in [0.4, 0.5) is 0 Å². The predicted octanol–water partition coefficient (Wildman–Crippen LogP) is 3.00. The van der Waals surface area contributed by atoms with Gasteiger partial charge in [-0.1, -0.05) is 42.3 Å². The summed E-state index contributed by atoms with van der Waals surface area (Å²) in [4.78, 5) is 12.9. The first kappa shape index (κ1) is 15.4. The van der Waals surface area contributed by atoms with E-state index in [2.05, 4.69) is 16.5 Å². The van der Waals surface area contributed by atoms with Crippen molar-refractivity contribution in [1.82, 2.24) is 10.5 Å². The summed E-state index contributed by atoms with van der Waals surface area (Å²) in [5.74, 6) is 0.833. The summed E-state index contributed by atoms with van der Waals surface area (Å²) < 4.78 is 5.34. The van der Waals surface area contributed by atoms with Crippen LogP contribution in [0.25, 0.3) is 0 Å². The normalized spacial score (nSPS) is 23.4. The molecule has 1 aromatic heterocycles. The quantitative estimate of drug-likeness (QED) is 0.909. The molecule has 1 fully saturated rings. The molecule has 126 valence electrons. The molecule has 2 atom stereocenters. The van der Waals surface area contributed by atoms with Crippen molar-refractivity contribution in [3.8, 4) is 0 Å². The van der Waals surface area contributed by atoms with Gasteiger partial charge in [-0.3, -0.25) is 4.79 Å². The summed E-state index contributed by atoms with van der Waals surface area (Å²) in [6, 6.07) is 7.88. The van der Waals surface area contributed by atoms with Crippen LogP contribution < -0.4 is 11.1 Å². The van der Waals surface area contributed by atoms with Gasteiger partial charge >= 0.3 is 0 Å². The number of amides is 1. The number of hydrogen-bond donors (Lipinski definition) is 2. The topological polar surface area (TPSA) is 81.2 Å². The second-order valence-electron chi connectivity index (χ2n) is 6.99.